The van der Waals surface area contributed by atoms with Crippen molar-refractivity contribution in [1.29, 1.82) is 0 Å². The molecule has 0 radical (unpaired) electrons. The molecule has 0 saturated carbocycles. The van der Waals surface area contributed by atoms with E-state index in [2.05, 4.69) is 0 Å². The average molecular weight is 370 g/mol. The van der Waals surface area contributed by atoms with Gasteiger partial charge in [-0.2, -0.15) is 4.31 Å². The number of nitro groups is 1. The summed E-state index contributed by atoms with van der Waals surface area (Å²) < 4.78 is 26.6. The molecule has 0 aliphatic carbocycles. The quantitative estimate of drug-likeness (QED) is 0.591. The predicted molar refractivity (Wildman–Crippen MR) is 91.2 cm³/mol. The van der Waals surface area contributed by atoms with E-state index in [4.69, 9.17) is 5.73 Å². The SMILES string of the molecule is CC(N)C(C)C(=O)N1CCN(S(=O)(=O)c2ccccc2[N+](=O)[O-])CC1. The van der Waals surface area contributed by atoms with Gasteiger partial charge in [-0.05, 0) is 13.0 Å². The van der Waals surface area contributed by atoms with Gasteiger partial charge in [-0.25, -0.2) is 8.42 Å². The fraction of sp³-hybridized carbons (Fsp3) is 0.533. The largest absolute Gasteiger partial charge is 0.340 e. The molecule has 1 aromatic rings. The van der Waals surface area contributed by atoms with Crippen molar-refractivity contribution in [3.8, 4) is 0 Å². The van der Waals surface area contributed by atoms with Crippen LogP contribution in [0.1, 0.15) is 13.8 Å². The molecule has 2 unspecified atom stereocenters. The fourth-order valence-electron chi connectivity index (χ4n) is 2.63. The lowest BCUT2D eigenvalue weighted by molar-refractivity contribution is -0.387. The number of sulfonamides is 1. The molecule has 0 aromatic heterocycles. The molecule has 1 aliphatic heterocycles. The first-order chi connectivity index (χ1) is 11.7. The van der Waals surface area contributed by atoms with Crippen molar-refractivity contribution in [3.63, 3.8) is 0 Å². The number of benzene rings is 1. The van der Waals surface area contributed by atoms with Crippen molar-refractivity contribution in [2.24, 2.45) is 11.7 Å². The van der Waals surface area contributed by atoms with Gasteiger partial charge in [-0.3, -0.25) is 14.9 Å². The highest BCUT2D eigenvalue weighted by Crippen LogP contribution is 2.27. The Bertz CT molecular complexity index is 757. The minimum atomic E-state index is -3.99. The Balaban J connectivity index is 2.15. The highest BCUT2D eigenvalue weighted by molar-refractivity contribution is 7.89. The van der Waals surface area contributed by atoms with Crippen molar-refractivity contribution in [3.05, 3.63) is 34.4 Å². The van der Waals surface area contributed by atoms with Crippen LogP contribution in [0.25, 0.3) is 0 Å². The number of amides is 1. The van der Waals surface area contributed by atoms with E-state index in [0.717, 1.165) is 6.07 Å². The molecule has 1 amide bonds. The second-order valence-corrected chi connectivity index (χ2v) is 8.01. The molecule has 0 bridgehead atoms. The van der Waals surface area contributed by atoms with Gasteiger partial charge in [0.15, 0.2) is 4.90 Å². The number of carbonyl (C=O) groups excluding carboxylic acids is 1. The third-order valence-electron chi connectivity index (χ3n) is 4.41. The van der Waals surface area contributed by atoms with Crippen LogP contribution in [0.3, 0.4) is 0 Å². The number of nitro benzene ring substituents is 1. The molecule has 1 aromatic carbocycles. The number of rotatable bonds is 5. The predicted octanol–water partition coefficient (Wildman–Crippen LogP) is 0.411. The van der Waals surface area contributed by atoms with Crippen LogP contribution in [0.5, 0.6) is 0 Å². The van der Waals surface area contributed by atoms with Crippen molar-refractivity contribution in [1.82, 2.24) is 9.21 Å². The van der Waals surface area contributed by atoms with Crippen LogP contribution >= 0.6 is 0 Å². The van der Waals surface area contributed by atoms with E-state index in [1.807, 2.05) is 0 Å². The second kappa shape index (κ2) is 7.46. The van der Waals surface area contributed by atoms with E-state index in [-0.39, 0.29) is 48.9 Å². The van der Waals surface area contributed by atoms with Crippen LogP contribution in [0.4, 0.5) is 5.69 Å². The van der Waals surface area contributed by atoms with E-state index >= 15 is 0 Å². The molecule has 2 rings (SSSR count). The van der Waals surface area contributed by atoms with Gasteiger partial charge in [0.05, 0.1) is 10.8 Å². The number of para-hydroxylation sites is 1. The molecular formula is C15H22N4O5S. The molecule has 138 valence electrons. The first kappa shape index (κ1) is 19.3. The number of nitrogens with zero attached hydrogens (tertiary/aromatic N) is 3. The molecule has 1 saturated heterocycles. The van der Waals surface area contributed by atoms with E-state index in [9.17, 15) is 23.3 Å². The Hall–Kier alpha value is -2.04. The summed E-state index contributed by atoms with van der Waals surface area (Å²) in [5, 5.41) is 11.1. The minimum Gasteiger partial charge on any atom is -0.340 e. The zero-order valence-electron chi connectivity index (χ0n) is 14.2. The normalized spacial score (nSPS) is 18.6. The first-order valence-electron chi connectivity index (χ1n) is 7.94. The van der Waals surface area contributed by atoms with Crippen molar-refractivity contribution in [2.75, 3.05) is 26.2 Å². The third-order valence-corrected chi connectivity index (χ3v) is 6.35. The topological polar surface area (TPSA) is 127 Å². The van der Waals surface area contributed by atoms with Gasteiger partial charge in [-0.1, -0.05) is 19.1 Å². The molecule has 9 nitrogen and oxygen atoms in total. The van der Waals surface area contributed by atoms with E-state index in [0.29, 0.717) is 0 Å². The standard InChI is InChI=1S/C15H22N4O5S/c1-11(12(2)16)15(20)17-7-9-18(10-8-17)25(23,24)14-6-4-3-5-13(14)19(21)22/h3-6,11-12H,7-10,16H2,1-2H3. The van der Waals surface area contributed by atoms with E-state index in [1.54, 1.807) is 18.7 Å². The third kappa shape index (κ3) is 3.97. The van der Waals surface area contributed by atoms with Gasteiger partial charge in [0, 0.05) is 38.3 Å². The number of hydrogen-bond acceptors (Lipinski definition) is 6. The summed E-state index contributed by atoms with van der Waals surface area (Å²) in [7, 11) is -3.99. The summed E-state index contributed by atoms with van der Waals surface area (Å²) in [6, 6.07) is 4.97. The van der Waals surface area contributed by atoms with E-state index in [1.165, 1.54) is 22.5 Å². The number of carbonyl (C=O) groups is 1. The van der Waals surface area contributed by atoms with Crippen LogP contribution in [0.15, 0.2) is 29.2 Å². The molecular weight excluding hydrogens is 348 g/mol. The molecule has 1 aliphatic rings. The highest BCUT2D eigenvalue weighted by atomic mass is 32.2. The summed E-state index contributed by atoms with van der Waals surface area (Å²) in [5.74, 6) is -0.462. The Morgan fingerprint density at radius 3 is 2.28 bits per heavy atom. The summed E-state index contributed by atoms with van der Waals surface area (Å²) in [6.45, 7) is 4.13. The molecule has 1 heterocycles. The Kier molecular flexibility index (Phi) is 5.76. The van der Waals surface area contributed by atoms with Crippen molar-refractivity contribution in [2.45, 2.75) is 24.8 Å². The number of hydrogen-bond donors (Lipinski definition) is 1. The average Bonchev–Trinajstić information content (AvgIpc) is 2.60. The first-order valence-corrected chi connectivity index (χ1v) is 9.38. The molecule has 2 N–H and O–H groups in total. The zero-order valence-corrected chi connectivity index (χ0v) is 15.0. The Morgan fingerprint density at radius 1 is 1.20 bits per heavy atom. The maximum absolute atomic E-state index is 12.7. The Morgan fingerprint density at radius 2 is 1.76 bits per heavy atom. The van der Waals surface area contributed by atoms with Crippen molar-refractivity contribution >= 4 is 21.6 Å². The van der Waals surface area contributed by atoms with Gasteiger partial charge in [0.2, 0.25) is 15.9 Å². The van der Waals surface area contributed by atoms with Crippen LogP contribution in [-0.2, 0) is 14.8 Å². The van der Waals surface area contributed by atoms with Gasteiger partial charge >= 0.3 is 0 Å². The second-order valence-electron chi connectivity index (χ2n) is 6.10. The molecule has 0 spiro atoms. The van der Waals surface area contributed by atoms with E-state index < -0.39 is 20.6 Å². The van der Waals surface area contributed by atoms with Gasteiger partial charge in [-0.15, -0.1) is 0 Å². The lowest BCUT2D eigenvalue weighted by Gasteiger charge is -2.35. The van der Waals surface area contributed by atoms with Crippen LogP contribution in [0, 0.1) is 16.0 Å². The molecule has 1 fully saturated rings. The van der Waals surface area contributed by atoms with Gasteiger partial charge < -0.3 is 10.6 Å². The van der Waals surface area contributed by atoms with Crippen LogP contribution in [-0.4, -0.2) is 60.7 Å². The fourth-order valence-corrected chi connectivity index (χ4v) is 4.21. The maximum Gasteiger partial charge on any atom is 0.289 e. The van der Waals surface area contributed by atoms with Gasteiger partial charge in [0.25, 0.3) is 5.69 Å². The Labute approximate surface area is 146 Å². The summed E-state index contributed by atoms with van der Waals surface area (Å²) in [5.41, 5.74) is 5.29. The van der Waals surface area contributed by atoms with Crippen molar-refractivity contribution < 1.29 is 18.1 Å². The molecule has 2 atom stereocenters. The maximum atomic E-state index is 12.7. The monoisotopic (exact) mass is 370 g/mol. The summed E-state index contributed by atoms with van der Waals surface area (Å²) in [6.07, 6.45) is 0. The molecule has 25 heavy (non-hydrogen) atoms. The smallest absolute Gasteiger partial charge is 0.289 e. The van der Waals surface area contributed by atoms with Crippen LogP contribution < -0.4 is 5.73 Å². The molecule has 10 heteroatoms. The lowest BCUT2D eigenvalue weighted by Crippen LogP contribution is -2.53. The number of piperazine rings is 1. The number of nitrogens with two attached hydrogens (primary N) is 1. The lowest BCUT2D eigenvalue weighted by atomic mass is 10.0. The summed E-state index contributed by atoms with van der Waals surface area (Å²) in [4.78, 5) is 23.9. The van der Waals surface area contributed by atoms with Gasteiger partial charge in [0.1, 0.15) is 0 Å². The zero-order chi connectivity index (χ0) is 18.8. The van der Waals surface area contributed by atoms with Crippen LogP contribution in [0.2, 0.25) is 0 Å². The highest BCUT2D eigenvalue weighted by Gasteiger charge is 2.35. The summed E-state index contributed by atoms with van der Waals surface area (Å²) >= 11 is 0. The minimum absolute atomic E-state index is 0.0891.